The average molecular weight is 263 g/mol. The molecule has 1 heterocycles. The molecule has 0 spiro atoms. The molecule has 96 valence electrons. The average Bonchev–Trinajstić information content (AvgIpc) is 2.38. The molecule has 18 heavy (non-hydrogen) atoms. The summed E-state index contributed by atoms with van der Waals surface area (Å²) >= 11 is 5.92. The number of halogens is 1. The highest BCUT2D eigenvalue weighted by Gasteiger charge is 2.01. The van der Waals surface area contributed by atoms with Crippen molar-refractivity contribution in [2.75, 3.05) is 6.54 Å². The van der Waals surface area contributed by atoms with Crippen LogP contribution in [0.5, 0.6) is 0 Å². The van der Waals surface area contributed by atoms with Crippen LogP contribution in [-0.4, -0.2) is 16.9 Å². The molecule has 0 aliphatic rings. The summed E-state index contributed by atoms with van der Waals surface area (Å²) in [5.41, 5.74) is 2.37. The Kier molecular flexibility index (Phi) is 4.97. The molecule has 0 saturated carbocycles. The van der Waals surface area contributed by atoms with Crippen LogP contribution in [0.4, 0.5) is 0 Å². The molecule has 3 heteroatoms. The maximum Gasteiger partial charge on any atom is 0.0705 e. The number of hydrogen-bond donors (Lipinski definition) is 1. The van der Waals surface area contributed by atoms with E-state index < -0.39 is 0 Å². The predicted octanol–water partition coefficient (Wildman–Crippen LogP) is 3.73. The van der Waals surface area contributed by atoms with Gasteiger partial charge in [0.2, 0.25) is 0 Å². The van der Waals surface area contributed by atoms with E-state index in [-0.39, 0.29) is 5.38 Å². The minimum atomic E-state index is 0.272. The molecule has 0 saturated heterocycles. The predicted molar refractivity (Wildman–Crippen MR) is 78.0 cm³/mol. The van der Waals surface area contributed by atoms with Gasteiger partial charge in [0.25, 0.3) is 0 Å². The van der Waals surface area contributed by atoms with Crippen molar-refractivity contribution >= 4 is 22.5 Å². The van der Waals surface area contributed by atoms with Gasteiger partial charge in [0.15, 0.2) is 0 Å². The molecule has 1 N–H and O–H groups in total. The second-order valence-electron chi connectivity index (χ2n) is 4.59. The molecule has 2 aromatic rings. The summed E-state index contributed by atoms with van der Waals surface area (Å²) in [6.45, 7) is 3.94. The number of fused-ring (bicyclic) bond motifs is 1. The van der Waals surface area contributed by atoms with Crippen LogP contribution in [0.15, 0.2) is 36.5 Å². The molecular formula is C15H19ClN2. The molecular weight excluding hydrogens is 244 g/mol. The third-order valence-corrected chi connectivity index (χ3v) is 3.23. The number of nitrogens with zero attached hydrogens (tertiary/aromatic N) is 1. The number of rotatable bonds is 6. The Morgan fingerprint density at radius 2 is 2.11 bits per heavy atom. The molecule has 1 aromatic carbocycles. The van der Waals surface area contributed by atoms with E-state index in [2.05, 4.69) is 28.5 Å². The Morgan fingerprint density at radius 3 is 2.94 bits per heavy atom. The Morgan fingerprint density at radius 1 is 1.28 bits per heavy atom. The fourth-order valence-corrected chi connectivity index (χ4v) is 2.19. The zero-order valence-corrected chi connectivity index (χ0v) is 11.5. The normalized spacial score (nSPS) is 12.8. The van der Waals surface area contributed by atoms with Gasteiger partial charge in [0.1, 0.15) is 0 Å². The first-order chi connectivity index (χ1) is 8.77. The zero-order chi connectivity index (χ0) is 12.8. The smallest absolute Gasteiger partial charge is 0.0705 e. The van der Waals surface area contributed by atoms with E-state index in [1.165, 1.54) is 10.9 Å². The molecule has 1 aromatic heterocycles. The van der Waals surface area contributed by atoms with Crippen molar-refractivity contribution in [1.29, 1.82) is 0 Å². The van der Waals surface area contributed by atoms with Crippen molar-refractivity contribution in [3.63, 3.8) is 0 Å². The summed E-state index contributed by atoms with van der Waals surface area (Å²) in [5, 5.41) is 4.97. The number of aromatic nitrogens is 1. The molecule has 0 aliphatic carbocycles. The van der Waals surface area contributed by atoms with Crippen molar-refractivity contribution in [3.8, 4) is 0 Å². The van der Waals surface area contributed by atoms with Gasteiger partial charge in [-0.1, -0.05) is 18.2 Å². The van der Waals surface area contributed by atoms with Gasteiger partial charge in [-0.15, -0.1) is 11.6 Å². The molecule has 0 fully saturated rings. The molecule has 0 bridgehead atoms. The minimum absolute atomic E-state index is 0.272. The van der Waals surface area contributed by atoms with E-state index in [1.807, 2.05) is 25.3 Å². The summed E-state index contributed by atoms with van der Waals surface area (Å²) in [5.74, 6) is 0. The molecule has 2 nitrogen and oxygen atoms in total. The lowest BCUT2D eigenvalue weighted by Gasteiger charge is -2.08. The van der Waals surface area contributed by atoms with E-state index in [0.29, 0.717) is 0 Å². The van der Waals surface area contributed by atoms with Gasteiger partial charge in [-0.2, -0.15) is 0 Å². The van der Waals surface area contributed by atoms with E-state index in [0.717, 1.165) is 31.4 Å². The second kappa shape index (κ2) is 6.72. The summed E-state index contributed by atoms with van der Waals surface area (Å²) in [6, 6.07) is 10.3. The van der Waals surface area contributed by atoms with Crippen LogP contribution < -0.4 is 5.32 Å². The Hall–Kier alpha value is -1.12. The number of para-hydroxylation sites is 1. The van der Waals surface area contributed by atoms with Crippen LogP contribution >= 0.6 is 11.6 Å². The topological polar surface area (TPSA) is 24.9 Å². The van der Waals surface area contributed by atoms with Crippen molar-refractivity contribution in [2.45, 2.75) is 31.7 Å². The second-order valence-corrected chi connectivity index (χ2v) is 5.33. The van der Waals surface area contributed by atoms with Crippen LogP contribution in [0.2, 0.25) is 0 Å². The van der Waals surface area contributed by atoms with Crippen molar-refractivity contribution < 1.29 is 0 Å². The Balaban J connectivity index is 1.91. The van der Waals surface area contributed by atoms with E-state index >= 15 is 0 Å². The Bertz CT molecular complexity index is 491. The SMILES string of the molecule is CC(Cl)CCCNCc1ccnc2ccccc12. The maximum atomic E-state index is 5.92. The molecule has 2 rings (SSSR count). The van der Waals surface area contributed by atoms with E-state index in [9.17, 15) is 0 Å². The highest BCUT2D eigenvalue weighted by molar-refractivity contribution is 6.20. The number of nitrogens with one attached hydrogen (secondary N) is 1. The van der Waals surface area contributed by atoms with Gasteiger partial charge in [0, 0.05) is 23.5 Å². The first-order valence-electron chi connectivity index (χ1n) is 6.45. The standard InChI is InChI=1S/C15H19ClN2/c1-12(16)5-4-9-17-11-13-8-10-18-15-7-3-2-6-14(13)15/h2-3,6-8,10,12,17H,4-5,9,11H2,1H3. The molecule has 0 amide bonds. The number of alkyl halides is 1. The highest BCUT2D eigenvalue weighted by atomic mass is 35.5. The van der Waals surface area contributed by atoms with Gasteiger partial charge >= 0.3 is 0 Å². The zero-order valence-electron chi connectivity index (χ0n) is 10.7. The van der Waals surface area contributed by atoms with Crippen LogP contribution in [0.1, 0.15) is 25.3 Å². The van der Waals surface area contributed by atoms with Gasteiger partial charge in [-0.25, -0.2) is 0 Å². The highest BCUT2D eigenvalue weighted by Crippen LogP contribution is 2.15. The maximum absolute atomic E-state index is 5.92. The number of pyridine rings is 1. The van der Waals surface area contributed by atoms with Crippen LogP contribution in [0, 0.1) is 0 Å². The fourth-order valence-electron chi connectivity index (χ4n) is 2.04. The number of benzene rings is 1. The quantitative estimate of drug-likeness (QED) is 0.634. The van der Waals surface area contributed by atoms with Crippen molar-refractivity contribution in [2.24, 2.45) is 0 Å². The summed E-state index contributed by atoms with van der Waals surface area (Å²) in [7, 11) is 0. The third kappa shape index (κ3) is 3.69. The van der Waals surface area contributed by atoms with Gasteiger partial charge < -0.3 is 5.32 Å². The fraction of sp³-hybridized carbons (Fsp3) is 0.400. The lowest BCUT2D eigenvalue weighted by Crippen LogP contribution is -2.15. The third-order valence-electron chi connectivity index (χ3n) is 3.01. The van der Waals surface area contributed by atoms with Gasteiger partial charge in [-0.3, -0.25) is 4.98 Å². The Labute approximate surface area is 113 Å². The summed E-state index contributed by atoms with van der Waals surface area (Å²) in [4.78, 5) is 4.36. The van der Waals surface area contributed by atoms with Crippen LogP contribution in [-0.2, 0) is 6.54 Å². The minimum Gasteiger partial charge on any atom is -0.313 e. The first-order valence-corrected chi connectivity index (χ1v) is 6.88. The van der Waals surface area contributed by atoms with Crippen LogP contribution in [0.25, 0.3) is 10.9 Å². The van der Waals surface area contributed by atoms with Crippen molar-refractivity contribution in [1.82, 2.24) is 10.3 Å². The molecule has 1 atom stereocenters. The summed E-state index contributed by atoms with van der Waals surface area (Å²) < 4.78 is 0. The van der Waals surface area contributed by atoms with Crippen LogP contribution in [0.3, 0.4) is 0 Å². The van der Waals surface area contributed by atoms with Crippen molar-refractivity contribution in [3.05, 3.63) is 42.1 Å². The monoisotopic (exact) mass is 262 g/mol. The molecule has 0 aliphatic heterocycles. The lowest BCUT2D eigenvalue weighted by molar-refractivity contribution is 0.621. The number of hydrogen-bond acceptors (Lipinski definition) is 2. The molecule has 0 radical (unpaired) electrons. The van der Waals surface area contributed by atoms with E-state index in [1.54, 1.807) is 0 Å². The summed E-state index contributed by atoms with van der Waals surface area (Å²) in [6.07, 6.45) is 4.06. The first kappa shape index (κ1) is 13.3. The van der Waals surface area contributed by atoms with Gasteiger partial charge in [0.05, 0.1) is 5.52 Å². The molecule has 1 unspecified atom stereocenters. The largest absolute Gasteiger partial charge is 0.313 e. The van der Waals surface area contributed by atoms with Gasteiger partial charge in [-0.05, 0) is 44.0 Å². The lowest BCUT2D eigenvalue weighted by atomic mass is 10.1. The van der Waals surface area contributed by atoms with E-state index in [4.69, 9.17) is 11.6 Å².